The third-order valence-corrected chi connectivity index (χ3v) is 4.20. The van der Waals surface area contributed by atoms with Gasteiger partial charge in [0.05, 0.1) is 0 Å². The first kappa shape index (κ1) is 16.9. The molecule has 2 N–H and O–H groups in total. The lowest BCUT2D eigenvalue weighted by atomic mass is 10.4. The van der Waals surface area contributed by atoms with Crippen LogP contribution in [0.15, 0.2) is 54.2 Å². The van der Waals surface area contributed by atoms with Crippen molar-refractivity contribution >= 4 is 29.1 Å². The Morgan fingerprint density at radius 1 is 1.24 bits per heavy atom. The van der Waals surface area contributed by atoms with Crippen molar-refractivity contribution in [1.82, 2.24) is 19.9 Å². The average Bonchev–Trinajstić information content (AvgIpc) is 3.30. The number of hydrogen-bond acceptors (Lipinski definition) is 5. The van der Waals surface area contributed by atoms with Crippen LogP contribution in [-0.4, -0.2) is 33.5 Å². The summed E-state index contributed by atoms with van der Waals surface area (Å²) in [6.45, 7) is 2.95. The van der Waals surface area contributed by atoms with Crippen LogP contribution in [0.3, 0.4) is 0 Å². The van der Waals surface area contributed by atoms with Crippen LogP contribution in [0.4, 0.5) is 5.82 Å². The van der Waals surface area contributed by atoms with Crippen molar-refractivity contribution in [3.63, 3.8) is 0 Å². The summed E-state index contributed by atoms with van der Waals surface area (Å²) in [5.74, 6) is 2.13. The lowest BCUT2D eigenvalue weighted by Crippen LogP contribution is -2.27. The van der Waals surface area contributed by atoms with E-state index in [9.17, 15) is 4.79 Å². The summed E-state index contributed by atoms with van der Waals surface area (Å²) in [4.78, 5) is 21.6. The minimum absolute atomic E-state index is 0.109. The van der Waals surface area contributed by atoms with Crippen LogP contribution in [0.2, 0.25) is 0 Å². The van der Waals surface area contributed by atoms with Gasteiger partial charge in [-0.2, -0.15) is 0 Å². The number of carbonyl (C=O) groups is 1. The maximum absolute atomic E-state index is 11.8. The summed E-state index contributed by atoms with van der Waals surface area (Å²) in [5.41, 5.74) is 0. The van der Waals surface area contributed by atoms with Gasteiger partial charge in [0.25, 0.3) is 0 Å². The van der Waals surface area contributed by atoms with Crippen molar-refractivity contribution in [2.24, 2.45) is 0 Å². The fraction of sp³-hybridized carbons (Fsp3) is 0.167. The Labute approximate surface area is 150 Å². The molecule has 3 heterocycles. The van der Waals surface area contributed by atoms with Crippen LogP contribution in [0.25, 0.3) is 11.9 Å². The van der Waals surface area contributed by atoms with E-state index in [0.717, 1.165) is 16.5 Å². The molecule has 0 radical (unpaired) electrons. The highest BCUT2D eigenvalue weighted by Gasteiger charge is 2.03. The molecule has 0 aliphatic rings. The molecule has 25 heavy (non-hydrogen) atoms. The minimum atomic E-state index is -0.109. The van der Waals surface area contributed by atoms with E-state index < -0.39 is 0 Å². The first-order valence-corrected chi connectivity index (χ1v) is 8.81. The number of carbonyl (C=O) groups excluding carboxylic acids is 1. The van der Waals surface area contributed by atoms with Gasteiger partial charge in [0.2, 0.25) is 5.91 Å². The highest BCUT2D eigenvalue weighted by Crippen LogP contribution is 2.11. The molecule has 0 fully saturated rings. The van der Waals surface area contributed by atoms with Crippen LogP contribution >= 0.6 is 11.3 Å². The monoisotopic (exact) mass is 353 g/mol. The third-order valence-electron chi connectivity index (χ3n) is 3.37. The number of aryl methyl sites for hydroxylation is 1. The van der Waals surface area contributed by atoms with Gasteiger partial charge in [0, 0.05) is 42.5 Å². The van der Waals surface area contributed by atoms with Crippen LogP contribution in [0, 0.1) is 6.92 Å². The topological polar surface area (TPSA) is 71.8 Å². The Morgan fingerprint density at radius 3 is 2.84 bits per heavy atom. The highest BCUT2D eigenvalue weighted by atomic mass is 32.1. The lowest BCUT2D eigenvalue weighted by molar-refractivity contribution is -0.116. The fourth-order valence-electron chi connectivity index (χ4n) is 2.24. The quantitative estimate of drug-likeness (QED) is 0.506. The Hall–Kier alpha value is -2.93. The van der Waals surface area contributed by atoms with Crippen molar-refractivity contribution in [2.75, 3.05) is 18.4 Å². The van der Waals surface area contributed by atoms with Gasteiger partial charge >= 0.3 is 0 Å². The molecule has 0 aliphatic heterocycles. The molecule has 7 heteroatoms. The molecule has 128 valence electrons. The molecule has 3 aromatic rings. The van der Waals surface area contributed by atoms with Crippen molar-refractivity contribution in [1.29, 1.82) is 0 Å². The van der Waals surface area contributed by atoms with Crippen molar-refractivity contribution in [2.45, 2.75) is 6.92 Å². The third kappa shape index (κ3) is 5.02. The molecule has 3 aromatic heterocycles. The number of thiophene rings is 1. The molecule has 6 nitrogen and oxygen atoms in total. The Bertz CT molecular complexity index is 840. The van der Waals surface area contributed by atoms with Crippen molar-refractivity contribution in [3.05, 3.63) is 64.9 Å². The molecular weight excluding hydrogens is 334 g/mol. The smallest absolute Gasteiger partial charge is 0.244 e. The lowest BCUT2D eigenvalue weighted by Gasteiger charge is -2.09. The Morgan fingerprint density at radius 2 is 2.08 bits per heavy atom. The molecule has 0 saturated carbocycles. The summed E-state index contributed by atoms with van der Waals surface area (Å²) >= 11 is 1.60. The van der Waals surface area contributed by atoms with E-state index in [1.165, 1.54) is 0 Å². The molecule has 0 aliphatic carbocycles. The van der Waals surface area contributed by atoms with E-state index in [4.69, 9.17) is 0 Å². The maximum atomic E-state index is 11.8. The highest BCUT2D eigenvalue weighted by molar-refractivity contribution is 7.10. The van der Waals surface area contributed by atoms with Gasteiger partial charge in [0.1, 0.15) is 17.5 Å². The van der Waals surface area contributed by atoms with E-state index in [2.05, 4.69) is 20.6 Å². The van der Waals surface area contributed by atoms with E-state index >= 15 is 0 Å². The van der Waals surface area contributed by atoms with Gasteiger partial charge in [-0.05, 0) is 36.6 Å². The zero-order valence-electron chi connectivity index (χ0n) is 13.8. The van der Waals surface area contributed by atoms with Crippen molar-refractivity contribution < 1.29 is 4.79 Å². The summed E-state index contributed by atoms with van der Waals surface area (Å²) in [6, 6.07) is 9.70. The van der Waals surface area contributed by atoms with E-state index in [0.29, 0.717) is 18.9 Å². The molecule has 0 aromatic carbocycles. The zero-order valence-corrected chi connectivity index (χ0v) is 14.7. The number of aromatic nitrogens is 3. The van der Waals surface area contributed by atoms with Gasteiger partial charge in [-0.3, -0.25) is 4.79 Å². The number of anilines is 1. The van der Waals surface area contributed by atoms with E-state index in [1.807, 2.05) is 65.7 Å². The average molecular weight is 353 g/mol. The molecule has 0 saturated heterocycles. The first-order chi connectivity index (χ1) is 12.2. The molecule has 0 unspecified atom stereocenters. The predicted octanol–water partition coefficient (Wildman–Crippen LogP) is 2.88. The second kappa shape index (κ2) is 8.25. The van der Waals surface area contributed by atoms with E-state index in [1.54, 1.807) is 17.4 Å². The normalized spacial score (nSPS) is 10.9. The zero-order chi connectivity index (χ0) is 17.5. The van der Waals surface area contributed by atoms with Crippen molar-refractivity contribution in [3.8, 4) is 5.82 Å². The molecule has 0 spiro atoms. The largest absolute Gasteiger partial charge is 0.368 e. The SMILES string of the molecule is Cc1nc(NCCNC(=O)/C=C/c2cccs2)cc(-n2cccc2)n1. The van der Waals surface area contributed by atoms with Crippen LogP contribution in [0.5, 0.6) is 0 Å². The Balaban J connectivity index is 1.48. The van der Waals surface area contributed by atoms with Gasteiger partial charge < -0.3 is 15.2 Å². The number of hydrogen-bond donors (Lipinski definition) is 2. The predicted molar refractivity (Wildman–Crippen MR) is 101 cm³/mol. The molecule has 3 rings (SSSR count). The summed E-state index contributed by atoms with van der Waals surface area (Å²) < 4.78 is 1.93. The number of amides is 1. The molecule has 0 atom stereocenters. The molecule has 0 bridgehead atoms. The molecule has 1 amide bonds. The van der Waals surface area contributed by atoms with Gasteiger partial charge in [0.15, 0.2) is 0 Å². The number of nitrogens with zero attached hydrogens (tertiary/aromatic N) is 3. The van der Waals surface area contributed by atoms with Gasteiger partial charge in [-0.15, -0.1) is 11.3 Å². The summed E-state index contributed by atoms with van der Waals surface area (Å²) in [7, 11) is 0. The van der Waals surface area contributed by atoms with Crippen LogP contribution in [-0.2, 0) is 4.79 Å². The van der Waals surface area contributed by atoms with Gasteiger partial charge in [-0.1, -0.05) is 6.07 Å². The minimum Gasteiger partial charge on any atom is -0.368 e. The molecular formula is C18H19N5OS. The van der Waals surface area contributed by atoms with Crippen LogP contribution in [0.1, 0.15) is 10.7 Å². The second-order valence-corrected chi connectivity index (χ2v) is 6.29. The number of nitrogens with one attached hydrogen (secondary N) is 2. The number of rotatable bonds is 7. The summed E-state index contributed by atoms with van der Waals surface area (Å²) in [5, 5.41) is 8.03. The van der Waals surface area contributed by atoms with E-state index in [-0.39, 0.29) is 5.91 Å². The van der Waals surface area contributed by atoms with Crippen LogP contribution < -0.4 is 10.6 Å². The summed E-state index contributed by atoms with van der Waals surface area (Å²) in [6.07, 6.45) is 7.23. The fourth-order valence-corrected chi connectivity index (χ4v) is 2.86. The standard InChI is InChI=1S/C18H19N5OS/c1-14-21-16(13-17(22-14)23-10-2-3-11-23)19-8-9-20-18(24)7-6-15-5-4-12-25-15/h2-7,10-13H,8-9H2,1H3,(H,20,24)(H,19,21,22)/b7-6+. The Kier molecular flexibility index (Phi) is 5.58. The van der Waals surface area contributed by atoms with Gasteiger partial charge in [-0.25, -0.2) is 9.97 Å². The maximum Gasteiger partial charge on any atom is 0.244 e. The second-order valence-electron chi connectivity index (χ2n) is 5.32. The first-order valence-electron chi connectivity index (χ1n) is 7.93.